The molecule has 3 heteroatoms. The number of aromatic nitrogens is 3. The van der Waals surface area contributed by atoms with Crippen molar-refractivity contribution in [3.05, 3.63) is 41.5 Å². The Balaban J connectivity index is 2.73. The van der Waals surface area contributed by atoms with E-state index in [0.717, 1.165) is 5.95 Å². The van der Waals surface area contributed by atoms with E-state index in [4.69, 9.17) is 0 Å². The summed E-state index contributed by atoms with van der Waals surface area (Å²) in [6, 6.07) is 4.50. The molecule has 0 bridgehead atoms. The molecule has 0 aliphatic carbocycles. The van der Waals surface area contributed by atoms with Crippen LogP contribution in [0.15, 0.2) is 24.5 Å². The molecule has 0 aromatic carbocycles. The molecule has 96 valence electrons. The molecule has 2 rings (SSSR count). The van der Waals surface area contributed by atoms with Crippen LogP contribution < -0.4 is 4.57 Å². The summed E-state index contributed by atoms with van der Waals surface area (Å²) in [6.45, 7) is 11.0. The van der Waals surface area contributed by atoms with Gasteiger partial charge in [0.25, 0.3) is 0 Å². The zero-order valence-corrected chi connectivity index (χ0v) is 11.9. The summed E-state index contributed by atoms with van der Waals surface area (Å²) in [4.78, 5) is 7.62. The first-order valence-corrected chi connectivity index (χ1v) is 6.57. The molecule has 0 saturated carbocycles. The van der Waals surface area contributed by atoms with E-state index in [1.54, 1.807) is 6.20 Å². The number of H-pyrrole nitrogens is 1. The Morgan fingerprint density at radius 3 is 2.00 bits per heavy atom. The number of rotatable bonds is 3. The van der Waals surface area contributed by atoms with Crippen molar-refractivity contribution in [3.8, 4) is 5.95 Å². The number of pyridine rings is 1. The molecule has 2 heterocycles. The molecule has 0 saturated heterocycles. The molecule has 1 N–H and O–H groups in total. The van der Waals surface area contributed by atoms with Gasteiger partial charge in [0.1, 0.15) is 6.20 Å². The summed E-state index contributed by atoms with van der Waals surface area (Å²) in [6.07, 6.45) is 3.67. The monoisotopic (exact) mass is 244 g/mol. The maximum absolute atomic E-state index is 4.41. The van der Waals surface area contributed by atoms with Gasteiger partial charge in [-0.15, -0.1) is 0 Å². The minimum absolute atomic E-state index is 0.465. The summed E-state index contributed by atoms with van der Waals surface area (Å²) in [5, 5.41) is 0. The summed E-state index contributed by atoms with van der Waals surface area (Å²) >= 11 is 0. The molecule has 0 aliphatic heterocycles. The molecular weight excluding hydrogens is 222 g/mol. The Morgan fingerprint density at radius 1 is 1.06 bits per heavy atom. The number of hydrogen-bond donors (Lipinski definition) is 1. The van der Waals surface area contributed by atoms with Gasteiger partial charge >= 0.3 is 5.95 Å². The van der Waals surface area contributed by atoms with Gasteiger partial charge in [-0.25, -0.2) is 9.55 Å². The van der Waals surface area contributed by atoms with Crippen LogP contribution in [0, 0.1) is 6.92 Å². The van der Waals surface area contributed by atoms with E-state index in [1.165, 1.54) is 17.0 Å². The molecule has 0 amide bonds. The van der Waals surface area contributed by atoms with Gasteiger partial charge in [-0.3, -0.25) is 0 Å². The smallest absolute Gasteiger partial charge is 0.245 e. The van der Waals surface area contributed by atoms with Gasteiger partial charge in [0.05, 0.1) is 17.6 Å². The van der Waals surface area contributed by atoms with Crippen LogP contribution in [-0.4, -0.2) is 9.97 Å². The fourth-order valence-electron chi connectivity index (χ4n) is 2.26. The number of imidazole rings is 1. The normalized spacial score (nSPS) is 11.5. The Hall–Kier alpha value is -1.64. The van der Waals surface area contributed by atoms with Gasteiger partial charge in [-0.1, -0.05) is 32.7 Å². The Labute approximate surface area is 109 Å². The van der Waals surface area contributed by atoms with Gasteiger partial charge in [0.15, 0.2) is 0 Å². The SMILES string of the molecule is Cc1cc(C(C)C)[n+](-c2ncc[nH]2)c(C(C)C)c1. The quantitative estimate of drug-likeness (QED) is 0.826. The molecule has 0 unspecified atom stereocenters. The zero-order chi connectivity index (χ0) is 13.3. The van der Waals surface area contributed by atoms with Gasteiger partial charge in [0, 0.05) is 11.8 Å². The molecule has 0 atom stereocenters. The first-order chi connectivity index (χ1) is 8.50. The van der Waals surface area contributed by atoms with Crippen molar-refractivity contribution >= 4 is 0 Å². The number of hydrogen-bond acceptors (Lipinski definition) is 1. The summed E-state index contributed by atoms with van der Waals surface area (Å²) in [5.41, 5.74) is 3.91. The van der Waals surface area contributed by atoms with Crippen LogP contribution >= 0.6 is 0 Å². The third kappa shape index (κ3) is 2.30. The van der Waals surface area contributed by atoms with Crippen molar-refractivity contribution in [2.75, 3.05) is 0 Å². The minimum atomic E-state index is 0.465. The van der Waals surface area contributed by atoms with Crippen molar-refractivity contribution < 1.29 is 4.57 Å². The van der Waals surface area contributed by atoms with Crippen LogP contribution in [0.25, 0.3) is 5.95 Å². The van der Waals surface area contributed by atoms with E-state index < -0.39 is 0 Å². The molecule has 2 aromatic heterocycles. The van der Waals surface area contributed by atoms with E-state index in [-0.39, 0.29) is 0 Å². The number of nitrogens with one attached hydrogen (secondary N) is 1. The second-order valence-electron chi connectivity index (χ2n) is 5.44. The maximum atomic E-state index is 4.41. The average molecular weight is 244 g/mol. The van der Waals surface area contributed by atoms with Crippen molar-refractivity contribution in [3.63, 3.8) is 0 Å². The van der Waals surface area contributed by atoms with Crippen LogP contribution in [-0.2, 0) is 0 Å². The highest BCUT2D eigenvalue weighted by Gasteiger charge is 2.21. The lowest BCUT2D eigenvalue weighted by Crippen LogP contribution is -2.42. The highest BCUT2D eigenvalue weighted by Crippen LogP contribution is 2.19. The van der Waals surface area contributed by atoms with Crippen molar-refractivity contribution in [2.24, 2.45) is 0 Å². The van der Waals surface area contributed by atoms with Crippen LogP contribution in [0.3, 0.4) is 0 Å². The summed E-state index contributed by atoms with van der Waals surface area (Å²) < 4.78 is 2.25. The predicted molar refractivity (Wildman–Crippen MR) is 73.0 cm³/mol. The molecular formula is C15H22N3+. The maximum Gasteiger partial charge on any atom is 0.401 e. The third-order valence-corrected chi connectivity index (χ3v) is 3.15. The number of aryl methyl sites for hydroxylation is 1. The first-order valence-electron chi connectivity index (χ1n) is 6.57. The molecule has 18 heavy (non-hydrogen) atoms. The molecule has 0 aliphatic rings. The molecule has 0 spiro atoms. The second kappa shape index (κ2) is 4.92. The first kappa shape index (κ1) is 12.8. The lowest BCUT2D eigenvalue weighted by atomic mass is 10.0. The highest BCUT2D eigenvalue weighted by molar-refractivity contribution is 5.20. The number of nitrogens with zero attached hydrogens (tertiary/aromatic N) is 2. The Bertz CT molecular complexity index is 496. The van der Waals surface area contributed by atoms with E-state index in [1.807, 2.05) is 6.20 Å². The van der Waals surface area contributed by atoms with E-state index >= 15 is 0 Å². The standard InChI is InChI=1S/C15H22N3/c1-10(2)13-8-12(5)9-14(11(3)4)18(13)15-16-6-7-17-15/h6-11H,1-5H3,(H,16,17)/q+1. The fourth-order valence-corrected chi connectivity index (χ4v) is 2.26. The third-order valence-electron chi connectivity index (χ3n) is 3.15. The highest BCUT2D eigenvalue weighted by atomic mass is 15.2. The van der Waals surface area contributed by atoms with Crippen LogP contribution in [0.4, 0.5) is 0 Å². The molecule has 0 fully saturated rings. The second-order valence-corrected chi connectivity index (χ2v) is 5.44. The van der Waals surface area contributed by atoms with Gasteiger partial charge < -0.3 is 0 Å². The summed E-state index contributed by atoms with van der Waals surface area (Å²) in [7, 11) is 0. The zero-order valence-electron chi connectivity index (χ0n) is 11.9. The molecule has 2 aromatic rings. The summed E-state index contributed by atoms with van der Waals surface area (Å²) in [5.74, 6) is 1.84. The average Bonchev–Trinajstić information content (AvgIpc) is 2.80. The van der Waals surface area contributed by atoms with Crippen molar-refractivity contribution in [1.29, 1.82) is 0 Å². The molecule has 3 nitrogen and oxygen atoms in total. The fraction of sp³-hybridized carbons (Fsp3) is 0.467. The van der Waals surface area contributed by atoms with Gasteiger partial charge in [0.2, 0.25) is 0 Å². The Kier molecular flexibility index (Phi) is 3.50. The minimum Gasteiger partial charge on any atom is -0.245 e. The van der Waals surface area contributed by atoms with Crippen LogP contribution in [0.1, 0.15) is 56.5 Å². The van der Waals surface area contributed by atoms with Gasteiger partial charge in [-0.05, 0) is 24.6 Å². The van der Waals surface area contributed by atoms with Crippen molar-refractivity contribution in [1.82, 2.24) is 9.97 Å². The van der Waals surface area contributed by atoms with Gasteiger partial charge in [-0.2, -0.15) is 0 Å². The lowest BCUT2D eigenvalue weighted by Gasteiger charge is -2.17. The van der Waals surface area contributed by atoms with E-state index in [2.05, 4.69) is 61.3 Å². The van der Waals surface area contributed by atoms with E-state index in [9.17, 15) is 0 Å². The largest absolute Gasteiger partial charge is 0.401 e. The number of aromatic amines is 1. The topological polar surface area (TPSA) is 32.6 Å². The Morgan fingerprint density at radius 2 is 1.61 bits per heavy atom. The van der Waals surface area contributed by atoms with E-state index in [0.29, 0.717) is 11.8 Å². The van der Waals surface area contributed by atoms with Crippen LogP contribution in [0.2, 0.25) is 0 Å². The van der Waals surface area contributed by atoms with Crippen molar-refractivity contribution in [2.45, 2.75) is 46.5 Å². The van der Waals surface area contributed by atoms with Crippen LogP contribution in [0.5, 0.6) is 0 Å². The molecule has 0 radical (unpaired) electrons. The lowest BCUT2D eigenvalue weighted by molar-refractivity contribution is -0.622. The predicted octanol–water partition coefficient (Wildman–Crippen LogP) is 3.24.